The average molecular weight is 335 g/mol. The summed E-state index contributed by atoms with van der Waals surface area (Å²) < 4.78 is 5.47. The molecule has 2 aliphatic rings. The normalized spacial score (nSPS) is 25.3. The smallest absolute Gasteiger partial charge is 0.319 e. The van der Waals surface area contributed by atoms with Crippen LogP contribution >= 0.6 is 11.8 Å². The van der Waals surface area contributed by atoms with Crippen LogP contribution in [-0.4, -0.2) is 60.8 Å². The number of nitrogens with zero attached hydrogens (tertiary/aromatic N) is 1. The zero-order valence-electron chi connectivity index (χ0n) is 13.6. The highest BCUT2D eigenvalue weighted by atomic mass is 32.2. The number of benzene rings is 1. The largest absolute Gasteiger partial charge is 0.379 e. The molecule has 2 N–H and O–H groups in total. The van der Waals surface area contributed by atoms with Gasteiger partial charge in [-0.1, -0.05) is 12.1 Å². The molecule has 1 atom stereocenters. The monoisotopic (exact) mass is 335 g/mol. The highest BCUT2D eigenvalue weighted by Crippen LogP contribution is 2.33. The fourth-order valence-electron chi connectivity index (χ4n) is 3.28. The van der Waals surface area contributed by atoms with Gasteiger partial charge >= 0.3 is 6.03 Å². The summed E-state index contributed by atoms with van der Waals surface area (Å²) in [5.74, 6) is 2.25. The molecular weight excluding hydrogens is 310 g/mol. The van der Waals surface area contributed by atoms with E-state index < -0.39 is 0 Å². The van der Waals surface area contributed by atoms with E-state index in [1.54, 1.807) is 0 Å². The van der Waals surface area contributed by atoms with E-state index in [1.807, 2.05) is 43.0 Å². The predicted molar refractivity (Wildman–Crippen MR) is 95.3 cm³/mol. The summed E-state index contributed by atoms with van der Waals surface area (Å²) in [7, 11) is 0. The van der Waals surface area contributed by atoms with Crippen LogP contribution in [-0.2, 0) is 4.74 Å². The van der Waals surface area contributed by atoms with Crippen molar-refractivity contribution < 1.29 is 9.53 Å². The minimum absolute atomic E-state index is 0.0817. The van der Waals surface area contributed by atoms with Crippen LogP contribution < -0.4 is 10.6 Å². The van der Waals surface area contributed by atoms with Crippen LogP contribution in [0, 0.1) is 6.92 Å². The van der Waals surface area contributed by atoms with Gasteiger partial charge in [-0.25, -0.2) is 4.79 Å². The average Bonchev–Trinajstić information content (AvgIpc) is 3.04. The lowest BCUT2D eigenvalue weighted by atomic mass is 9.95. The van der Waals surface area contributed by atoms with E-state index in [2.05, 4.69) is 15.5 Å². The van der Waals surface area contributed by atoms with Gasteiger partial charge in [0.1, 0.15) is 0 Å². The molecule has 0 bridgehead atoms. The Morgan fingerprint density at radius 1 is 1.39 bits per heavy atom. The summed E-state index contributed by atoms with van der Waals surface area (Å²) in [6, 6.07) is 7.73. The number of aryl methyl sites for hydroxylation is 1. The first-order chi connectivity index (χ1) is 11.2. The molecule has 0 unspecified atom stereocenters. The van der Waals surface area contributed by atoms with Crippen molar-refractivity contribution in [1.29, 1.82) is 0 Å². The standard InChI is InChI=1S/C17H25N3O2S/c1-14-3-2-4-15(11-14)19-16(21)18-12-17(5-10-23-13-17)20-6-8-22-9-7-20/h2-4,11H,5-10,12-13H2,1H3,(H2,18,19,21)/t17-/m1/s1. The van der Waals surface area contributed by atoms with Crippen LogP contribution in [0.25, 0.3) is 0 Å². The topological polar surface area (TPSA) is 53.6 Å². The van der Waals surface area contributed by atoms with Gasteiger partial charge < -0.3 is 15.4 Å². The summed E-state index contributed by atoms with van der Waals surface area (Å²) in [6.07, 6.45) is 1.13. The van der Waals surface area contributed by atoms with Crippen LogP contribution in [0.2, 0.25) is 0 Å². The van der Waals surface area contributed by atoms with Gasteiger partial charge in [-0.3, -0.25) is 4.90 Å². The number of nitrogens with one attached hydrogen (secondary N) is 2. The molecule has 23 heavy (non-hydrogen) atoms. The van der Waals surface area contributed by atoms with E-state index in [0.717, 1.165) is 49.7 Å². The van der Waals surface area contributed by atoms with Crippen LogP contribution in [0.5, 0.6) is 0 Å². The Morgan fingerprint density at radius 2 is 2.22 bits per heavy atom. The van der Waals surface area contributed by atoms with Crippen LogP contribution in [0.15, 0.2) is 24.3 Å². The van der Waals surface area contributed by atoms with Crippen LogP contribution in [0.3, 0.4) is 0 Å². The molecule has 0 aliphatic carbocycles. The quantitative estimate of drug-likeness (QED) is 0.887. The van der Waals surface area contributed by atoms with E-state index in [0.29, 0.717) is 6.54 Å². The number of morpholine rings is 1. The lowest BCUT2D eigenvalue weighted by Crippen LogP contribution is -2.59. The summed E-state index contributed by atoms with van der Waals surface area (Å²) in [4.78, 5) is 14.7. The van der Waals surface area contributed by atoms with Crippen molar-refractivity contribution in [3.8, 4) is 0 Å². The van der Waals surface area contributed by atoms with Gasteiger partial charge in [0, 0.05) is 36.6 Å². The van der Waals surface area contributed by atoms with Crippen molar-refractivity contribution in [2.75, 3.05) is 49.7 Å². The van der Waals surface area contributed by atoms with Crippen molar-refractivity contribution in [2.45, 2.75) is 18.9 Å². The van der Waals surface area contributed by atoms with E-state index in [-0.39, 0.29) is 11.6 Å². The molecule has 2 heterocycles. The summed E-state index contributed by atoms with van der Waals surface area (Å²) >= 11 is 1.98. The second-order valence-corrected chi connectivity index (χ2v) is 7.41. The predicted octanol–water partition coefficient (Wildman–Crippen LogP) is 2.32. The van der Waals surface area contributed by atoms with Crippen LogP contribution in [0.4, 0.5) is 10.5 Å². The third-order valence-corrected chi connectivity index (χ3v) is 5.85. The van der Waals surface area contributed by atoms with Crippen molar-refractivity contribution in [3.63, 3.8) is 0 Å². The molecule has 2 aliphatic heterocycles. The summed E-state index contributed by atoms with van der Waals surface area (Å²) in [5, 5.41) is 6.01. The van der Waals surface area contributed by atoms with Crippen molar-refractivity contribution in [3.05, 3.63) is 29.8 Å². The third kappa shape index (κ3) is 4.19. The molecule has 1 aromatic rings. The fraction of sp³-hybridized carbons (Fsp3) is 0.588. The first-order valence-electron chi connectivity index (χ1n) is 8.20. The summed E-state index contributed by atoms with van der Waals surface area (Å²) in [5.41, 5.74) is 2.06. The van der Waals surface area contributed by atoms with Crippen molar-refractivity contribution in [1.82, 2.24) is 10.2 Å². The number of thioether (sulfide) groups is 1. The van der Waals surface area contributed by atoms with Gasteiger partial charge in [-0.2, -0.15) is 11.8 Å². The zero-order valence-corrected chi connectivity index (χ0v) is 14.5. The zero-order chi connectivity index (χ0) is 16.1. The first-order valence-corrected chi connectivity index (χ1v) is 9.36. The lowest BCUT2D eigenvalue weighted by molar-refractivity contribution is -0.0123. The Balaban J connectivity index is 1.57. The maximum Gasteiger partial charge on any atom is 0.319 e. The van der Waals surface area contributed by atoms with Crippen molar-refractivity contribution >= 4 is 23.5 Å². The molecule has 5 nitrogen and oxygen atoms in total. The van der Waals surface area contributed by atoms with E-state index in [4.69, 9.17) is 4.74 Å². The van der Waals surface area contributed by atoms with Gasteiger partial charge in [-0.05, 0) is 36.8 Å². The number of urea groups is 1. The Kier molecular flexibility index (Phi) is 5.46. The first kappa shape index (κ1) is 16.6. The minimum atomic E-state index is -0.125. The number of anilines is 1. The number of ether oxygens (including phenoxy) is 1. The molecule has 1 aromatic carbocycles. The molecule has 2 fully saturated rings. The van der Waals surface area contributed by atoms with E-state index >= 15 is 0 Å². The van der Waals surface area contributed by atoms with Gasteiger partial charge in [0.15, 0.2) is 0 Å². The number of carbonyl (C=O) groups excluding carboxylic acids is 1. The molecule has 126 valence electrons. The number of rotatable bonds is 4. The Labute approximate surface area is 142 Å². The Bertz CT molecular complexity index is 540. The highest BCUT2D eigenvalue weighted by molar-refractivity contribution is 7.99. The number of hydrogen-bond donors (Lipinski definition) is 2. The third-order valence-electron chi connectivity index (χ3n) is 4.62. The molecule has 2 saturated heterocycles. The molecule has 3 rings (SSSR count). The van der Waals surface area contributed by atoms with Crippen LogP contribution in [0.1, 0.15) is 12.0 Å². The second-order valence-electron chi connectivity index (χ2n) is 6.30. The molecule has 0 spiro atoms. The molecule has 2 amide bonds. The summed E-state index contributed by atoms with van der Waals surface area (Å²) in [6.45, 7) is 6.22. The maximum absolute atomic E-state index is 12.2. The number of amides is 2. The van der Waals surface area contributed by atoms with Gasteiger partial charge in [0.25, 0.3) is 0 Å². The maximum atomic E-state index is 12.2. The minimum Gasteiger partial charge on any atom is -0.379 e. The van der Waals surface area contributed by atoms with E-state index in [9.17, 15) is 4.79 Å². The molecule has 0 saturated carbocycles. The molecular formula is C17H25N3O2S. The second kappa shape index (κ2) is 7.55. The molecule has 0 radical (unpaired) electrons. The molecule has 6 heteroatoms. The Morgan fingerprint density at radius 3 is 2.91 bits per heavy atom. The lowest BCUT2D eigenvalue weighted by Gasteiger charge is -2.43. The van der Waals surface area contributed by atoms with Gasteiger partial charge in [0.2, 0.25) is 0 Å². The Hall–Kier alpha value is -1.24. The highest BCUT2D eigenvalue weighted by Gasteiger charge is 2.40. The number of carbonyl (C=O) groups is 1. The number of hydrogen-bond acceptors (Lipinski definition) is 4. The van der Waals surface area contributed by atoms with Gasteiger partial charge in [-0.15, -0.1) is 0 Å². The SMILES string of the molecule is Cc1cccc(NC(=O)NC[C@]2(N3CCOCC3)CCSC2)c1. The molecule has 0 aromatic heterocycles. The van der Waals surface area contributed by atoms with Gasteiger partial charge in [0.05, 0.1) is 13.2 Å². The fourth-order valence-corrected chi connectivity index (χ4v) is 4.76. The van der Waals surface area contributed by atoms with Crippen molar-refractivity contribution in [2.24, 2.45) is 0 Å². The van der Waals surface area contributed by atoms with E-state index in [1.165, 1.54) is 5.75 Å².